The number of rotatable bonds is 18. The van der Waals surface area contributed by atoms with Crippen LogP contribution in [-0.4, -0.2) is 65.9 Å². The highest BCUT2D eigenvalue weighted by atomic mass is 19.1. The third-order valence-corrected chi connectivity index (χ3v) is 8.65. The molecule has 10 nitrogen and oxygen atoms in total. The normalized spacial score (nSPS) is 20.7. The molecule has 55 heavy (non-hydrogen) atoms. The number of ether oxygens (including phenoxy) is 6. The molecule has 6 atom stereocenters. The smallest absolute Gasteiger partial charge is 0.408 e. The third-order valence-electron chi connectivity index (χ3n) is 8.65. The molecular formula is C44H50FNO9. The maximum Gasteiger partial charge on any atom is 0.408 e. The number of halogens is 1. The van der Waals surface area contributed by atoms with Crippen LogP contribution in [0.1, 0.15) is 49.4 Å². The number of carbonyl (C=O) groups excluding carboxylic acids is 1. The van der Waals surface area contributed by atoms with Crippen molar-refractivity contribution in [1.29, 1.82) is 0 Å². The van der Waals surface area contributed by atoms with Gasteiger partial charge in [0, 0.05) is 6.42 Å². The van der Waals surface area contributed by atoms with Gasteiger partial charge in [-0.2, -0.15) is 0 Å². The van der Waals surface area contributed by atoms with Crippen molar-refractivity contribution >= 4 is 12.1 Å². The maximum absolute atomic E-state index is 16.1. The number of aliphatic carboxylic acids is 1. The summed E-state index contributed by atoms with van der Waals surface area (Å²) in [6.45, 7) is 5.86. The molecule has 1 aliphatic heterocycles. The molecule has 1 fully saturated rings. The topological polar surface area (TPSA) is 122 Å². The van der Waals surface area contributed by atoms with Gasteiger partial charge in [-0.1, -0.05) is 121 Å². The van der Waals surface area contributed by atoms with Gasteiger partial charge < -0.3 is 38.8 Å². The van der Waals surface area contributed by atoms with Gasteiger partial charge in [-0.3, -0.25) is 0 Å². The van der Waals surface area contributed by atoms with Crippen molar-refractivity contribution in [2.45, 2.75) is 95.8 Å². The summed E-state index contributed by atoms with van der Waals surface area (Å²) in [4.78, 5) is 24.6. The van der Waals surface area contributed by atoms with Gasteiger partial charge in [0.2, 0.25) is 0 Å². The van der Waals surface area contributed by atoms with E-state index in [-0.39, 0.29) is 26.4 Å². The number of hydrogen-bond acceptors (Lipinski definition) is 8. The van der Waals surface area contributed by atoms with Crippen LogP contribution in [-0.2, 0) is 59.6 Å². The second-order valence-corrected chi connectivity index (χ2v) is 14.3. The number of amides is 1. The number of hydrogen-bond donors (Lipinski definition) is 2. The monoisotopic (exact) mass is 755 g/mol. The van der Waals surface area contributed by atoms with Gasteiger partial charge in [0.15, 0.2) is 0 Å². The summed E-state index contributed by atoms with van der Waals surface area (Å²) in [6.07, 6.45) is -4.78. The Morgan fingerprint density at radius 1 is 0.709 bits per heavy atom. The minimum Gasteiger partial charge on any atom is -0.480 e. The Balaban J connectivity index is 1.48. The van der Waals surface area contributed by atoms with Gasteiger partial charge in [-0.25, -0.2) is 14.0 Å². The molecule has 292 valence electrons. The highest BCUT2D eigenvalue weighted by Gasteiger charge is 2.48. The first-order valence-corrected chi connectivity index (χ1v) is 18.4. The molecule has 1 saturated heterocycles. The standard InChI is InChI=1S/C44H50FNO9/c1-44(2,3)55-43(49)46-36(42(47)48)24-35(45)25-37-39(51-27-32-18-10-5-11-19-32)41(53-29-34-22-14-7-15-23-34)40(52-28-33-20-12-6-13-21-33)38(54-37)30-50-26-31-16-8-4-9-17-31/h4-23,25,36-41H,24,26-30H2,1-3H3,(H,46,49)(H,47,48)/b35-25-/t36?,37-,38-,39+,40-,41-/m1/s1. The van der Waals surface area contributed by atoms with E-state index in [1.165, 1.54) is 6.08 Å². The molecular weight excluding hydrogens is 705 g/mol. The van der Waals surface area contributed by atoms with Crippen molar-refractivity contribution in [3.8, 4) is 0 Å². The van der Waals surface area contributed by atoms with Crippen molar-refractivity contribution in [2.75, 3.05) is 6.61 Å². The van der Waals surface area contributed by atoms with E-state index >= 15 is 4.39 Å². The fraction of sp³-hybridized carbons (Fsp3) is 0.364. The van der Waals surface area contributed by atoms with E-state index in [1.807, 2.05) is 121 Å². The first kappa shape index (κ1) is 41.3. The average Bonchev–Trinajstić information content (AvgIpc) is 3.17. The average molecular weight is 756 g/mol. The summed E-state index contributed by atoms with van der Waals surface area (Å²) in [5.74, 6) is -2.27. The zero-order valence-electron chi connectivity index (χ0n) is 31.4. The predicted molar refractivity (Wildman–Crippen MR) is 204 cm³/mol. The molecule has 0 radical (unpaired) electrons. The maximum atomic E-state index is 16.1. The van der Waals surface area contributed by atoms with Gasteiger partial charge in [0.25, 0.3) is 0 Å². The lowest BCUT2D eigenvalue weighted by atomic mass is 9.93. The van der Waals surface area contributed by atoms with Crippen LogP contribution in [0.3, 0.4) is 0 Å². The highest BCUT2D eigenvalue weighted by molar-refractivity contribution is 5.80. The second kappa shape index (κ2) is 20.7. The summed E-state index contributed by atoms with van der Waals surface area (Å²) in [7, 11) is 0. The Hall–Kier alpha value is -4.91. The van der Waals surface area contributed by atoms with Gasteiger partial charge in [-0.05, 0) is 49.1 Å². The SMILES string of the molecule is CC(C)(C)OC(=O)NC(C/C(F)=C/[C@H]1O[C@H](COCc2ccccc2)[C@@H](OCc2ccccc2)[C@H](OCc2ccccc2)[C@H]1OCc1ccccc1)C(=O)O. The quantitative estimate of drug-likeness (QED) is 0.104. The summed E-state index contributed by atoms with van der Waals surface area (Å²) in [5.41, 5.74) is 2.79. The Kier molecular flexibility index (Phi) is 15.5. The predicted octanol–water partition coefficient (Wildman–Crippen LogP) is 7.95. The molecule has 0 aliphatic carbocycles. The van der Waals surface area contributed by atoms with Crippen LogP contribution in [0, 0.1) is 0 Å². The number of carbonyl (C=O) groups is 2. The third kappa shape index (κ3) is 13.7. The fourth-order valence-corrected chi connectivity index (χ4v) is 6.05. The van der Waals surface area contributed by atoms with Crippen LogP contribution >= 0.6 is 0 Å². The Labute approximate surface area is 322 Å². The number of carboxylic acid groups (broad SMARTS) is 1. The molecule has 4 aromatic carbocycles. The molecule has 0 aromatic heterocycles. The van der Waals surface area contributed by atoms with E-state index in [4.69, 9.17) is 28.4 Å². The van der Waals surface area contributed by atoms with Crippen LogP contribution < -0.4 is 5.32 Å². The Morgan fingerprint density at radius 3 is 1.60 bits per heavy atom. The van der Waals surface area contributed by atoms with E-state index in [2.05, 4.69) is 5.32 Å². The van der Waals surface area contributed by atoms with Crippen molar-refractivity contribution in [3.63, 3.8) is 0 Å². The van der Waals surface area contributed by atoms with E-state index in [0.717, 1.165) is 22.3 Å². The van der Waals surface area contributed by atoms with Crippen LogP contribution in [0.4, 0.5) is 9.18 Å². The van der Waals surface area contributed by atoms with E-state index < -0.39 is 66.5 Å². The highest BCUT2D eigenvalue weighted by Crippen LogP contribution is 2.33. The summed E-state index contributed by atoms with van der Waals surface area (Å²) in [6, 6.07) is 36.9. The summed E-state index contributed by atoms with van der Waals surface area (Å²) < 4.78 is 54.1. The van der Waals surface area contributed by atoms with Gasteiger partial charge in [0.05, 0.1) is 33.0 Å². The zero-order chi connectivity index (χ0) is 39.0. The zero-order valence-corrected chi connectivity index (χ0v) is 31.4. The van der Waals surface area contributed by atoms with Crippen LogP contribution in [0.15, 0.2) is 133 Å². The molecule has 1 amide bonds. The molecule has 1 unspecified atom stereocenters. The first-order chi connectivity index (χ1) is 26.5. The second-order valence-electron chi connectivity index (χ2n) is 14.3. The van der Waals surface area contributed by atoms with Gasteiger partial charge in [-0.15, -0.1) is 0 Å². The number of carboxylic acids is 1. The van der Waals surface area contributed by atoms with Gasteiger partial charge >= 0.3 is 12.1 Å². The van der Waals surface area contributed by atoms with E-state index in [0.29, 0.717) is 6.61 Å². The van der Waals surface area contributed by atoms with Crippen molar-refractivity contribution in [3.05, 3.63) is 155 Å². The lowest BCUT2D eigenvalue weighted by Gasteiger charge is -2.45. The Bertz CT molecular complexity index is 1770. The molecule has 0 spiro atoms. The van der Waals surface area contributed by atoms with Crippen LogP contribution in [0.5, 0.6) is 0 Å². The number of nitrogens with one attached hydrogen (secondary N) is 1. The molecule has 11 heteroatoms. The Morgan fingerprint density at radius 2 is 1.15 bits per heavy atom. The van der Waals surface area contributed by atoms with Crippen LogP contribution in [0.25, 0.3) is 0 Å². The summed E-state index contributed by atoms with van der Waals surface area (Å²) in [5, 5.41) is 12.2. The molecule has 0 saturated carbocycles. The lowest BCUT2D eigenvalue weighted by molar-refractivity contribution is -0.263. The molecule has 1 aliphatic rings. The summed E-state index contributed by atoms with van der Waals surface area (Å²) >= 11 is 0. The van der Waals surface area contributed by atoms with Crippen molar-refractivity contribution in [2.24, 2.45) is 0 Å². The van der Waals surface area contributed by atoms with E-state index in [9.17, 15) is 14.7 Å². The molecule has 1 heterocycles. The fourth-order valence-electron chi connectivity index (χ4n) is 6.05. The van der Waals surface area contributed by atoms with Crippen molar-refractivity contribution < 1.29 is 47.5 Å². The minimum atomic E-state index is -1.62. The number of alkyl carbamates (subject to hydrolysis) is 1. The largest absolute Gasteiger partial charge is 0.480 e. The molecule has 5 rings (SSSR count). The molecule has 2 N–H and O–H groups in total. The minimum absolute atomic E-state index is 0.0643. The lowest BCUT2D eigenvalue weighted by Crippen LogP contribution is -2.60. The first-order valence-electron chi connectivity index (χ1n) is 18.4. The van der Waals surface area contributed by atoms with E-state index in [1.54, 1.807) is 20.8 Å². The molecule has 0 bridgehead atoms. The van der Waals surface area contributed by atoms with Crippen molar-refractivity contribution in [1.82, 2.24) is 5.32 Å². The molecule has 4 aromatic rings. The van der Waals surface area contributed by atoms with Crippen LogP contribution in [0.2, 0.25) is 0 Å². The van der Waals surface area contributed by atoms with Gasteiger partial charge in [0.1, 0.15) is 48.0 Å². The number of benzene rings is 4.